The van der Waals surface area contributed by atoms with Crippen molar-refractivity contribution in [2.45, 2.75) is 53.1 Å². The van der Waals surface area contributed by atoms with Crippen molar-refractivity contribution in [3.63, 3.8) is 0 Å². The predicted molar refractivity (Wildman–Crippen MR) is 49.9 cm³/mol. The number of esters is 1. The maximum atomic E-state index is 11.1. The Morgan fingerprint density at radius 2 is 1.92 bits per heavy atom. The third-order valence-electron chi connectivity index (χ3n) is 2.22. The Hall–Kier alpha value is -0.530. The summed E-state index contributed by atoms with van der Waals surface area (Å²) >= 11 is 0. The van der Waals surface area contributed by atoms with E-state index in [1.54, 1.807) is 0 Å². The molecule has 0 aromatic rings. The minimum Gasteiger partial charge on any atom is -0.459 e. The highest BCUT2D eigenvalue weighted by atomic mass is 16.6. The Labute approximate surface area is 75.3 Å². The maximum absolute atomic E-state index is 11.1. The van der Waals surface area contributed by atoms with E-state index in [-0.39, 0.29) is 11.6 Å². The molecule has 0 heterocycles. The SMILES string of the molecule is CCCC(=O)OC(C)(C)C(C)C. The lowest BCUT2D eigenvalue weighted by Crippen LogP contribution is -2.33. The van der Waals surface area contributed by atoms with Crippen LogP contribution in [-0.2, 0) is 9.53 Å². The number of hydrogen-bond donors (Lipinski definition) is 0. The fraction of sp³-hybridized carbons (Fsp3) is 0.900. The second-order valence-electron chi connectivity index (χ2n) is 3.98. The van der Waals surface area contributed by atoms with Gasteiger partial charge in [-0.25, -0.2) is 0 Å². The molecular formula is C10H20O2. The molecule has 0 N–H and O–H groups in total. The average Bonchev–Trinajstić information content (AvgIpc) is 1.85. The molecule has 0 unspecified atom stereocenters. The van der Waals surface area contributed by atoms with Gasteiger partial charge in [0.1, 0.15) is 5.60 Å². The Morgan fingerprint density at radius 1 is 1.42 bits per heavy atom. The monoisotopic (exact) mass is 172 g/mol. The third-order valence-corrected chi connectivity index (χ3v) is 2.22. The molecule has 2 heteroatoms. The quantitative estimate of drug-likeness (QED) is 0.609. The summed E-state index contributed by atoms with van der Waals surface area (Å²) < 4.78 is 5.30. The molecular weight excluding hydrogens is 152 g/mol. The predicted octanol–water partition coefficient (Wildman–Crippen LogP) is 2.76. The van der Waals surface area contributed by atoms with Crippen molar-refractivity contribution in [1.82, 2.24) is 0 Å². The first-order valence-electron chi connectivity index (χ1n) is 4.62. The number of carbonyl (C=O) groups is 1. The molecule has 0 aliphatic rings. The van der Waals surface area contributed by atoms with Crippen LogP contribution in [0, 0.1) is 5.92 Å². The summed E-state index contributed by atoms with van der Waals surface area (Å²) in [6, 6.07) is 0. The number of rotatable bonds is 4. The van der Waals surface area contributed by atoms with E-state index in [1.165, 1.54) is 0 Å². The molecule has 0 aliphatic carbocycles. The highest BCUT2D eigenvalue weighted by molar-refractivity contribution is 5.69. The summed E-state index contributed by atoms with van der Waals surface area (Å²) in [6.07, 6.45) is 1.38. The Morgan fingerprint density at radius 3 is 2.25 bits per heavy atom. The van der Waals surface area contributed by atoms with E-state index in [4.69, 9.17) is 4.74 Å². The molecule has 0 rings (SSSR count). The molecule has 0 aromatic carbocycles. The van der Waals surface area contributed by atoms with Gasteiger partial charge >= 0.3 is 5.97 Å². The van der Waals surface area contributed by atoms with Gasteiger partial charge in [0.15, 0.2) is 0 Å². The normalized spacial score (nSPS) is 11.8. The molecule has 0 saturated heterocycles. The lowest BCUT2D eigenvalue weighted by Gasteiger charge is -2.29. The van der Waals surface area contributed by atoms with E-state index in [2.05, 4.69) is 13.8 Å². The smallest absolute Gasteiger partial charge is 0.306 e. The molecule has 2 nitrogen and oxygen atoms in total. The van der Waals surface area contributed by atoms with Crippen LogP contribution in [-0.4, -0.2) is 11.6 Å². The molecule has 0 aliphatic heterocycles. The third kappa shape index (κ3) is 3.74. The highest BCUT2D eigenvalue weighted by Gasteiger charge is 2.26. The Kier molecular flexibility index (Phi) is 4.29. The van der Waals surface area contributed by atoms with Gasteiger partial charge in [-0.3, -0.25) is 4.79 Å². The summed E-state index contributed by atoms with van der Waals surface area (Å²) in [5, 5.41) is 0. The first-order chi connectivity index (χ1) is 5.40. The van der Waals surface area contributed by atoms with Crippen molar-refractivity contribution >= 4 is 5.97 Å². The lowest BCUT2D eigenvalue weighted by atomic mass is 9.95. The molecule has 0 radical (unpaired) electrons. The van der Waals surface area contributed by atoms with Gasteiger partial charge in [0.05, 0.1) is 0 Å². The minimum atomic E-state index is -0.327. The van der Waals surface area contributed by atoms with Gasteiger partial charge in [-0.1, -0.05) is 20.8 Å². The average molecular weight is 172 g/mol. The lowest BCUT2D eigenvalue weighted by molar-refractivity contribution is -0.160. The van der Waals surface area contributed by atoms with E-state index >= 15 is 0 Å². The van der Waals surface area contributed by atoms with E-state index < -0.39 is 0 Å². The summed E-state index contributed by atoms with van der Waals surface area (Å²) in [5.41, 5.74) is -0.327. The molecule has 72 valence electrons. The summed E-state index contributed by atoms with van der Waals surface area (Å²) in [4.78, 5) is 11.1. The van der Waals surface area contributed by atoms with Crippen LogP contribution >= 0.6 is 0 Å². The number of ether oxygens (including phenoxy) is 1. The van der Waals surface area contributed by atoms with Crippen LogP contribution in [0.15, 0.2) is 0 Å². The summed E-state index contributed by atoms with van der Waals surface area (Å²) in [7, 11) is 0. The minimum absolute atomic E-state index is 0.0869. The molecule has 0 fully saturated rings. The molecule has 12 heavy (non-hydrogen) atoms. The van der Waals surface area contributed by atoms with Gasteiger partial charge in [-0.2, -0.15) is 0 Å². The second-order valence-corrected chi connectivity index (χ2v) is 3.98. The fourth-order valence-corrected chi connectivity index (χ4v) is 0.666. The topological polar surface area (TPSA) is 26.3 Å². The van der Waals surface area contributed by atoms with Crippen LogP contribution in [0.25, 0.3) is 0 Å². The Bertz CT molecular complexity index is 148. The van der Waals surface area contributed by atoms with Crippen LogP contribution in [0.5, 0.6) is 0 Å². The highest BCUT2D eigenvalue weighted by Crippen LogP contribution is 2.20. The van der Waals surface area contributed by atoms with Gasteiger partial charge in [0.2, 0.25) is 0 Å². The van der Waals surface area contributed by atoms with Crippen molar-refractivity contribution in [2.24, 2.45) is 5.92 Å². The van der Waals surface area contributed by atoms with Crippen LogP contribution in [0.4, 0.5) is 0 Å². The van der Waals surface area contributed by atoms with Crippen LogP contribution in [0.3, 0.4) is 0 Å². The largest absolute Gasteiger partial charge is 0.459 e. The van der Waals surface area contributed by atoms with E-state index in [0.717, 1.165) is 6.42 Å². The number of hydrogen-bond acceptors (Lipinski definition) is 2. The molecule has 0 amide bonds. The maximum Gasteiger partial charge on any atom is 0.306 e. The molecule has 0 saturated carbocycles. The van der Waals surface area contributed by atoms with Crippen LogP contribution < -0.4 is 0 Å². The van der Waals surface area contributed by atoms with Gasteiger partial charge in [0.25, 0.3) is 0 Å². The fourth-order valence-electron chi connectivity index (χ4n) is 0.666. The first kappa shape index (κ1) is 11.5. The van der Waals surface area contributed by atoms with Crippen molar-refractivity contribution in [3.05, 3.63) is 0 Å². The van der Waals surface area contributed by atoms with E-state index in [0.29, 0.717) is 12.3 Å². The van der Waals surface area contributed by atoms with Crippen LogP contribution in [0.1, 0.15) is 47.5 Å². The standard InChI is InChI=1S/C10H20O2/c1-6-7-9(11)12-10(4,5)8(2)3/h8H,6-7H2,1-5H3. The second kappa shape index (κ2) is 4.48. The number of carbonyl (C=O) groups excluding carboxylic acids is 1. The van der Waals surface area contributed by atoms with Gasteiger partial charge < -0.3 is 4.74 Å². The van der Waals surface area contributed by atoms with Crippen molar-refractivity contribution in [1.29, 1.82) is 0 Å². The van der Waals surface area contributed by atoms with Crippen molar-refractivity contribution in [3.8, 4) is 0 Å². The zero-order chi connectivity index (χ0) is 9.78. The van der Waals surface area contributed by atoms with Gasteiger partial charge in [-0.15, -0.1) is 0 Å². The van der Waals surface area contributed by atoms with Gasteiger partial charge in [-0.05, 0) is 26.2 Å². The van der Waals surface area contributed by atoms with E-state index in [9.17, 15) is 4.79 Å². The zero-order valence-electron chi connectivity index (χ0n) is 8.81. The zero-order valence-corrected chi connectivity index (χ0v) is 8.81. The summed E-state index contributed by atoms with van der Waals surface area (Å²) in [5.74, 6) is 0.273. The van der Waals surface area contributed by atoms with E-state index in [1.807, 2.05) is 20.8 Å². The van der Waals surface area contributed by atoms with Crippen LogP contribution in [0.2, 0.25) is 0 Å². The first-order valence-corrected chi connectivity index (χ1v) is 4.62. The van der Waals surface area contributed by atoms with Crippen molar-refractivity contribution in [2.75, 3.05) is 0 Å². The Balaban J connectivity index is 3.97. The van der Waals surface area contributed by atoms with Gasteiger partial charge in [0, 0.05) is 6.42 Å². The molecule has 0 bridgehead atoms. The van der Waals surface area contributed by atoms with Crippen molar-refractivity contribution < 1.29 is 9.53 Å². The molecule has 0 aromatic heterocycles. The molecule has 0 atom stereocenters. The summed E-state index contributed by atoms with van der Waals surface area (Å²) in [6.45, 7) is 9.98. The molecule has 0 spiro atoms.